The minimum Gasteiger partial charge on any atom is -0.483 e. The van der Waals surface area contributed by atoms with E-state index in [2.05, 4.69) is 4.74 Å². The molecule has 4 fully saturated rings. The van der Waals surface area contributed by atoms with Crippen molar-refractivity contribution < 1.29 is 64.2 Å². The number of esters is 3. The molecular weight excluding hydrogens is 589 g/mol. The number of halogens is 3. The molecule has 0 spiro atoms. The van der Waals surface area contributed by atoms with Crippen molar-refractivity contribution in [2.75, 3.05) is 12.4 Å². The van der Waals surface area contributed by atoms with Crippen molar-refractivity contribution in [3.63, 3.8) is 0 Å². The fraction of sp³-hybridized carbons (Fsp3) is 0.667. The number of ether oxygens (including phenoxy) is 5. The lowest BCUT2D eigenvalue weighted by Gasteiger charge is -2.35. The van der Waals surface area contributed by atoms with Crippen LogP contribution in [-0.2, 0) is 33.9 Å². The third-order valence-corrected chi connectivity index (χ3v) is 9.55. The molecule has 0 aromatic heterocycles. The zero-order valence-electron chi connectivity index (χ0n) is 22.8. The molecule has 6 atom stereocenters. The van der Waals surface area contributed by atoms with Crippen LogP contribution in [0, 0.1) is 29.6 Å². The Hall–Kier alpha value is -3.07. The molecule has 2 bridgehead atoms. The monoisotopic (exact) mass is 620 g/mol. The number of rotatable bonds is 10. The zero-order chi connectivity index (χ0) is 30.6. The molecule has 1 aromatic carbocycles. The number of hydrogen-bond acceptors (Lipinski definition) is 10. The van der Waals surface area contributed by atoms with Gasteiger partial charge < -0.3 is 23.7 Å². The summed E-state index contributed by atoms with van der Waals surface area (Å²) in [4.78, 5) is 38.7. The first-order valence-electron chi connectivity index (χ1n) is 13.7. The van der Waals surface area contributed by atoms with E-state index in [0.717, 1.165) is 31.0 Å². The summed E-state index contributed by atoms with van der Waals surface area (Å²) in [6.45, 7) is 3.18. The molecule has 1 aromatic rings. The van der Waals surface area contributed by atoms with Gasteiger partial charge in [-0.05, 0) is 56.2 Å². The minimum atomic E-state index is -5.00. The van der Waals surface area contributed by atoms with Crippen LogP contribution in [0.1, 0.15) is 56.3 Å². The maximum absolute atomic E-state index is 13.3. The van der Waals surface area contributed by atoms with E-state index in [1.54, 1.807) is 0 Å². The smallest absolute Gasteiger partial charge is 0.483 e. The van der Waals surface area contributed by atoms with Gasteiger partial charge in [-0.15, -0.1) is 13.2 Å². The van der Waals surface area contributed by atoms with Gasteiger partial charge in [0.15, 0.2) is 11.5 Å². The summed E-state index contributed by atoms with van der Waals surface area (Å²) in [5.41, 5.74) is -0.875. The molecule has 0 amide bonds. The lowest BCUT2D eigenvalue weighted by atomic mass is 9.78. The highest BCUT2D eigenvalue weighted by Gasteiger charge is 2.70. The summed E-state index contributed by atoms with van der Waals surface area (Å²) in [6.07, 6.45) is -3.66. The molecule has 42 heavy (non-hydrogen) atoms. The van der Waals surface area contributed by atoms with Crippen molar-refractivity contribution in [3.05, 3.63) is 23.8 Å². The zero-order valence-corrected chi connectivity index (χ0v) is 23.6. The molecule has 6 unspecified atom stereocenters. The van der Waals surface area contributed by atoms with Crippen molar-refractivity contribution in [2.24, 2.45) is 29.6 Å². The number of hydrogen-bond donors (Lipinski definition) is 1. The fourth-order valence-corrected chi connectivity index (χ4v) is 7.21. The van der Waals surface area contributed by atoms with Crippen LogP contribution >= 0.6 is 0 Å². The van der Waals surface area contributed by atoms with Crippen LogP contribution in [0.3, 0.4) is 0 Å². The van der Waals surface area contributed by atoms with Gasteiger partial charge in [0.05, 0.1) is 17.4 Å². The van der Waals surface area contributed by atoms with Gasteiger partial charge in [0, 0.05) is 11.8 Å². The first-order chi connectivity index (χ1) is 19.6. The third kappa shape index (κ3) is 5.90. The Balaban J connectivity index is 1.36. The van der Waals surface area contributed by atoms with Gasteiger partial charge >= 0.3 is 24.3 Å². The molecule has 3 aliphatic carbocycles. The van der Waals surface area contributed by atoms with Crippen molar-refractivity contribution >= 4 is 28.0 Å². The SMILES string of the molecule is CC(C)C1(Oc2cc(C(=O)OC3C4CC5C3OC(=O)C5C4C(=O)OCCS(=O)(=O)O)ccc2OC(F)(F)F)CCCC1. The number of benzene rings is 1. The van der Waals surface area contributed by atoms with Gasteiger partial charge in [0.2, 0.25) is 0 Å². The van der Waals surface area contributed by atoms with Crippen LogP contribution in [0.4, 0.5) is 13.2 Å². The van der Waals surface area contributed by atoms with Crippen molar-refractivity contribution in [1.82, 2.24) is 0 Å². The lowest BCUT2D eigenvalue weighted by molar-refractivity contribution is -0.275. The van der Waals surface area contributed by atoms with E-state index >= 15 is 0 Å². The maximum atomic E-state index is 13.3. The molecule has 1 N–H and O–H groups in total. The molecule has 1 heterocycles. The Labute approximate surface area is 239 Å². The van der Waals surface area contributed by atoms with Crippen LogP contribution in [-0.4, -0.2) is 67.4 Å². The number of carbonyl (C=O) groups is 3. The van der Waals surface area contributed by atoms with E-state index < -0.39 is 94.0 Å². The molecule has 1 aliphatic heterocycles. The number of alkyl halides is 3. The van der Waals surface area contributed by atoms with Crippen molar-refractivity contribution in [2.45, 2.75) is 70.1 Å². The quantitative estimate of drug-likeness (QED) is 0.232. The second-order valence-corrected chi connectivity index (χ2v) is 13.1. The van der Waals surface area contributed by atoms with Crippen LogP contribution in [0.2, 0.25) is 0 Å². The van der Waals surface area contributed by atoms with E-state index in [9.17, 15) is 36.0 Å². The normalized spacial score (nSPS) is 29.5. The summed E-state index contributed by atoms with van der Waals surface area (Å²) in [6, 6.07) is 3.21. The van der Waals surface area contributed by atoms with E-state index in [1.165, 1.54) is 0 Å². The van der Waals surface area contributed by atoms with Gasteiger partial charge in [-0.3, -0.25) is 14.1 Å². The van der Waals surface area contributed by atoms with E-state index in [1.807, 2.05) is 13.8 Å². The van der Waals surface area contributed by atoms with Gasteiger partial charge in [0.1, 0.15) is 30.2 Å². The second kappa shape index (κ2) is 10.9. The summed E-state index contributed by atoms with van der Waals surface area (Å²) < 4.78 is 96.8. The van der Waals surface area contributed by atoms with E-state index in [4.69, 9.17) is 23.5 Å². The average molecular weight is 621 g/mol. The number of fused-ring (bicyclic) bond motifs is 1. The molecule has 1 saturated heterocycles. The fourth-order valence-electron chi connectivity index (χ4n) is 6.92. The van der Waals surface area contributed by atoms with Gasteiger partial charge in [-0.1, -0.05) is 13.8 Å². The Bertz CT molecular complexity index is 1350. The average Bonchev–Trinajstić information content (AvgIpc) is 3.62. The number of carbonyl (C=O) groups excluding carboxylic acids is 3. The highest BCUT2D eigenvalue weighted by molar-refractivity contribution is 7.85. The van der Waals surface area contributed by atoms with Crippen LogP contribution in [0.15, 0.2) is 18.2 Å². The Kier molecular flexibility index (Phi) is 7.88. The van der Waals surface area contributed by atoms with Gasteiger partial charge in [-0.25, -0.2) is 4.79 Å². The topological polar surface area (TPSA) is 152 Å². The van der Waals surface area contributed by atoms with Crippen LogP contribution in [0.25, 0.3) is 0 Å². The molecule has 11 nitrogen and oxygen atoms in total. The molecular formula is C27H31F3O11S. The predicted octanol–water partition coefficient (Wildman–Crippen LogP) is 3.70. The summed E-state index contributed by atoms with van der Waals surface area (Å²) >= 11 is 0. The second-order valence-electron chi connectivity index (χ2n) is 11.6. The minimum absolute atomic E-state index is 0.0393. The first kappa shape index (κ1) is 30.4. The Morgan fingerprint density at radius 1 is 1.14 bits per heavy atom. The molecule has 5 rings (SSSR count). The van der Waals surface area contributed by atoms with Gasteiger partial charge in [0.25, 0.3) is 10.1 Å². The summed E-state index contributed by atoms with van der Waals surface area (Å²) in [7, 11) is -4.39. The van der Waals surface area contributed by atoms with Crippen LogP contribution in [0.5, 0.6) is 11.5 Å². The highest BCUT2D eigenvalue weighted by Crippen LogP contribution is 2.59. The summed E-state index contributed by atoms with van der Waals surface area (Å²) in [5.74, 6) is -7.23. The predicted molar refractivity (Wildman–Crippen MR) is 135 cm³/mol. The highest BCUT2D eigenvalue weighted by atomic mass is 32.2. The van der Waals surface area contributed by atoms with E-state index in [0.29, 0.717) is 19.3 Å². The van der Waals surface area contributed by atoms with E-state index in [-0.39, 0.29) is 17.2 Å². The first-order valence-corrected chi connectivity index (χ1v) is 15.3. The maximum Gasteiger partial charge on any atom is 0.573 e. The molecule has 0 radical (unpaired) electrons. The Morgan fingerprint density at radius 2 is 1.83 bits per heavy atom. The largest absolute Gasteiger partial charge is 0.573 e. The lowest BCUT2D eigenvalue weighted by Crippen LogP contribution is -2.44. The Morgan fingerprint density at radius 3 is 2.45 bits per heavy atom. The molecule has 4 aliphatic rings. The van der Waals surface area contributed by atoms with Crippen molar-refractivity contribution in [3.8, 4) is 11.5 Å². The molecule has 3 saturated carbocycles. The van der Waals surface area contributed by atoms with Gasteiger partial charge in [-0.2, -0.15) is 8.42 Å². The van der Waals surface area contributed by atoms with Crippen LogP contribution < -0.4 is 9.47 Å². The third-order valence-electron chi connectivity index (χ3n) is 8.87. The molecule has 15 heteroatoms. The van der Waals surface area contributed by atoms with Crippen molar-refractivity contribution in [1.29, 1.82) is 0 Å². The summed E-state index contributed by atoms with van der Waals surface area (Å²) in [5, 5.41) is 0. The standard InChI is InChI=1S/C27H31F3O11S/c1-13(2)26(7-3-4-8-26)40-18-11-14(5-6-17(18)41-27(28,29)30)23(31)38-21-15-12-16-20(25(33)39-22(16)21)19(15)24(32)37-9-10-42(34,35)36/h5-6,11,13,15-16,19-22H,3-4,7-10,12H2,1-2H3,(H,34,35,36). The molecule has 232 valence electrons.